The quantitative estimate of drug-likeness (QED) is 0.285. The summed E-state index contributed by atoms with van der Waals surface area (Å²) in [5.41, 5.74) is 1.30. The van der Waals surface area contributed by atoms with Gasteiger partial charge in [0.05, 0.1) is 6.10 Å². The Balaban J connectivity index is 1.56. The number of amides is 1. The SMILES string of the molecule is CCCO[C@H]1CN[C@@H]([C@H](O)[C@H](Cc2cc(F)cc(F)c2)OC(=O)C(CCc2ccccc2)N2CC[C@H](CC(C)C)C2=O)C1. The van der Waals surface area contributed by atoms with Crippen molar-refractivity contribution in [3.63, 3.8) is 0 Å². The fourth-order valence-corrected chi connectivity index (χ4v) is 6.29. The van der Waals surface area contributed by atoms with Crippen molar-refractivity contribution in [1.29, 1.82) is 0 Å². The van der Waals surface area contributed by atoms with E-state index in [0.29, 0.717) is 51.3 Å². The molecule has 0 spiro atoms. The second-order valence-corrected chi connectivity index (χ2v) is 12.4. The first kappa shape index (κ1) is 33.0. The van der Waals surface area contributed by atoms with Crippen molar-refractivity contribution in [3.05, 3.63) is 71.3 Å². The Bertz CT molecular complexity index is 1180. The van der Waals surface area contributed by atoms with Crippen molar-refractivity contribution in [2.24, 2.45) is 11.8 Å². The molecule has 2 fully saturated rings. The molecule has 2 aromatic carbocycles. The Hall–Kier alpha value is -2.88. The summed E-state index contributed by atoms with van der Waals surface area (Å²) in [5, 5.41) is 14.7. The van der Waals surface area contributed by atoms with Crippen molar-refractivity contribution in [2.45, 2.75) is 96.1 Å². The molecule has 43 heavy (non-hydrogen) atoms. The Kier molecular flexibility index (Phi) is 12.1. The van der Waals surface area contributed by atoms with Crippen LogP contribution in [0.5, 0.6) is 0 Å². The largest absolute Gasteiger partial charge is 0.458 e. The summed E-state index contributed by atoms with van der Waals surface area (Å²) in [5.74, 6) is -1.97. The zero-order valence-electron chi connectivity index (χ0n) is 25.5. The van der Waals surface area contributed by atoms with Crippen LogP contribution >= 0.6 is 0 Å². The van der Waals surface area contributed by atoms with Crippen LogP contribution in [0.2, 0.25) is 0 Å². The average Bonchev–Trinajstić information content (AvgIpc) is 3.58. The number of aliphatic hydroxyl groups is 1. The van der Waals surface area contributed by atoms with Gasteiger partial charge in [-0.25, -0.2) is 13.6 Å². The molecular weight excluding hydrogens is 554 g/mol. The second kappa shape index (κ2) is 15.7. The van der Waals surface area contributed by atoms with Crippen LogP contribution in [0.4, 0.5) is 8.78 Å². The molecule has 1 unspecified atom stereocenters. The summed E-state index contributed by atoms with van der Waals surface area (Å²) >= 11 is 0. The summed E-state index contributed by atoms with van der Waals surface area (Å²) in [6.07, 6.45) is 1.26. The van der Waals surface area contributed by atoms with Crippen molar-refractivity contribution < 1.29 is 33.0 Å². The standard InChI is InChI=1S/C34H46F2N2O5/c1-4-14-42-28-20-29(37-21-28)32(39)31(18-24-16-26(35)19-27(36)17-24)43-34(41)30(11-10-23-8-6-5-7-9-23)38-13-12-25(33(38)40)15-22(2)3/h5-9,16-17,19,22,25,28-32,37,39H,4,10-15,18,20-21H2,1-3H3/t25-,28-,29-,30?,31+,32+/m1/s1. The van der Waals surface area contributed by atoms with Crippen LogP contribution < -0.4 is 5.32 Å². The number of carbonyl (C=O) groups is 2. The first-order chi connectivity index (χ1) is 20.6. The number of ether oxygens (including phenoxy) is 2. The summed E-state index contributed by atoms with van der Waals surface area (Å²) in [4.78, 5) is 29.1. The number of hydrogen-bond acceptors (Lipinski definition) is 6. The molecule has 2 saturated heterocycles. The number of likely N-dealkylation sites (tertiary alicyclic amines) is 1. The van der Waals surface area contributed by atoms with E-state index in [1.165, 1.54) is 12.1 Å². The number of nitrogens with zero attached hydrogens (tertiary/aromatic N) is 1. The Morgan fingerprint density at radius 1 is 1.12 bits per heavy atom. The first-order valence-corrected chi connectivity index (χ1v) is 15.7. The molecule has 2 N–H and O–H groups in total. The minimum absolute atomic E-state index is 0.0543. The molecule has 2 aliphatic heterocycles. The molecule has 2 heterocycles. The predicted octanol–water partition coefficient (Wildman–Crippen LogP) is 4.83. The first-order valence-electron chi connectivity index (χ1n) is 15.7. The molecule has 0 aromatic heterocycles. The zero-order valence-corrected chi connectivity index (χ0v) is 25.5. The second-order valence-electron chi connectivity index (χ2n) is 12.4. The highest BCUT2D eigenvalue weighted by atomic mass is 19.1. The molecule has 1 amide bonds. The van der Waals surface area contributed by atoms with E-state index in [2.05, 4.69) is 19.2 Å². The highest BCUT2D eigenvalue weighted by Gasteiger charge is 2.42. The van der Waals surface area contributed by atoms with Gasteiger partial charge in [0, 0.05) is 44.1 Å². The summed E-state index contributed by atoms with van der Waals surface area (Å²) in [6.45, 7) is 7.76. The van der Waals surface area contributed by atoms with Gasteiger partial charge in [-0.1, -0.05) is 51.1 Å². The van der Waals surface area contributed by atoms with Gasteiger partial charge >= 0.3 is 5.97 Å². The average molecular weight is 601 g/mol. The topological polar surface area (TPSA) is 88.1 Å². The molecular formula is C34H46F2N2O5. The van der Waals surface area contributed by atoms with Gasteiger partial charge in [0.25, 0.3) is 0 Å². The maximum atomic E-state index is 14.1. The monoisotopic (exact) mass is 600 g/mol. The van der Waals surface area contributed by atoms with Crippen LogP contribution in [-0.2, 0) is 31.9 Å². The summed E-state index contributed by atoms with van der Waals surface area (Å²) in [6, 6.07) is 11.6. The van der Waals surface area contributed by atoms with Crippen LogP contribution in [0.3, 0.4) is 0 Å². The lowest BCUT2D eigenvalue weighted by Gasteiger charge is -2.32. The molecule has 4 rings (SSSR count). The lowest BCUT2D eigenvalue weighted by molar-refractivity contribution is -0.165. The molecule has 6 atom stereocenters. The molecule has 7 nitrogen and oxygen atoms in total. The number of carbonyl (C=O) groups excluding carboxylic acids is 2. The third-order valence-corrected chi connectivity index (χ3v) is 8.41. The summed E-state index contributed by atoms with van der Waals surface area (Å²) in [7, 11) is 0. The number of hydrogen-bond donors (Lipinski definition) is 2. The van der Waals surface area contributed by atoms with Crippen molar-refractivity contribution in [1.82, 2.24) is 10.2 Å². The molecule has 0 aliphatic carbocycles. The van der Waals surface area contributed by atoms with Gasteiger partial charge < -0.3 is 24.8 Å². The van der Waals surface area contributed by atoms with Crippen LogP contribution in [0.25, 0.3) is 0 Å². The van der Waals surface area contributed by atoms with E-state index in [-0.39, 0.29) is 29.9 Å². The highest BCUT2D eigenvalue weighted by Crippen LogP contribution is 2.29. The number of halogens is 2. The van der Waals surface area contributed by atoms with E-state index < -0.39 is 41.9 Å². The van der Waals surface area contributed by atoms with Gasteiger partial charge in [-0.3, -0.25) is 4.79 Å². The van der Waals surface area contributed by atoms with Crippen molar-refractivity contribution in [3.8, 4) is 0 Å². The molecule has 2 aromatic rings. The molecule has 0 bridgehead atoms. The molecule has 0 saturated carbocycles. The fraction of sp³-hybridized carbons (Fsp3) is 0.588. The van der Waals surface area contributed by atoms with E-state index in [4.69, 9.17) is 9.47 Å². The third-order valence-electron chi connectivity index (χ3n) is 8.41. The van der Waals surface area contributed by atoms with Gasteiger partial charge in [-0.2, -0.15) is 0 Å². The number of benzene rings is 2. The maximum Gasteiger partial charge on any atom is 0.329 e. The molecule has 9 heteroatoms. The van der Waals surface area contributed by atoms with Gasteiger partial charge in [0.1, 0.15) is 29.9 Å². The minimum atomic E-state index is -1.16. The predicted molar refractivity (Wildman–Crippen MR) is 160 cm³/mol. The summed E-state index contributed by atoms with van der Waals surface area (Å²) < 4.78 is 40.1. The fourth-order valence-electron chi connectivity index (χ4n) is 6.29. The molecule has 0 radical (unpaired) electrons. The zero-order chi connectivity index (χ0) is 30.9. The highest BCUT2D eigenvalue weighted by molar-refractivity contribution is 5.87. The minimum Gasteiger partial charge on any atom is -0.458 e. The maximum absolute atomic E-state index is 14.1. The molecule has 236 valence electrons. The number of aliphatic hydroxyl groups excluding tert-OH is 1. The normalized spacial score (nSPS) is 22.6. The van der Waals surface area contributed by atoms with E-state index in [0.717, 1.165) is 24.5 Å². The Morgan fingerprint density at radius 3 is 2.51 bits per heavy atom. The number of aryl methyl sites for hydroxylation is 1. The number of nitrogens with one attached hydrogen (secondary N) is 1. The lowest BCUT2D eigenvalue weighted by atomic mass is 9.96. The Morgan fingerprint density at radius 2 is 1.84 bits per heavy atom. The van der Waals surface area contributed by atoms with Crippen LogP contribution in [0.15, 0.2) is 48.5 Å². The lowest BCUT2D eigenvalue weighted by Crippen LogP contribution is -2.50. The van der Waals surface area contributed by atoms with Gasteiger partial charge in [-0.05, 0) is 67.7 Å². The van der Waals surface area contributed by atoms with E-state index >= 15 is 0 Å². The van der Waals surface area contributed by atoms with Gasteiger partial charge in [-0.15, -0.1) is 0 Å². The number of rotatable bonds is 15. The Labute approximate surface area is 253 Å². The third kappa shape index (κ3) is 9.30. The van der Waals surface area contributed by atoms with Crippen LogP contribution in [0.1, 0.15) is 64.0 Å². The van der Waals surface area contributed by atoms with Crippen LogP contribution in [0, 0.1) is 23.5 Å². The number of esters is 1. The van der Waals surface area contributed by atoms with E-state index in [9.17, 15) is 23.5 Å². The molecule has 2 aliphatic rings. The van der Waals surface area contributed by atoms with Gasteiger partial charge in [0.2, 0.25) is 5.91 Å². The van der Waals surface area contributed by atoms with Crippen molar-refractivity contribution in [2.75, 3.05) is 19.7 Å². The van der Waals surface area contributed by atoms with Crippen LogP contribution in [-0.4, -0.2) is 72.0 Å². The van der Waals surface area contributed by atoms with Gasteiger partial charge in [0.15, 0.2) is 0 Å². The van der Waals surface area contributed by atoms with E-state index in [1.54, 1.807) is 4.90 Å². The van der Waals surface area contributed by atoms with Crippen molar-refractivity contribution >= 4 is 11.9 Å². The smallest absolute Gasteiger partial charge is 0.329 e. The van der Waals surface area contributed by atoms with E-state index in [1.807, 2.05) is 37.3 Å².